The average Bonchev–Trinajstić information content (AvgIpc) is 3.15. The Bertz CT molecular complexity index is 864. The van der Waals surface area contributed by atoms with Crippen LogP contribution in [0.4, 0.5) is 0 Å². The number of nitrogens with zero attached hydrogens (tertiary/aromatic N) is 6. The van der Waals surface area contributed by atoms with Crippen LogP contribution >= 0.6 is 0 Å². The summed E-state index contributed by atoms with van der Waals surface area (Å²) in [7, 11) is 3.88. The molecule has 0 saturated heterocycles. The maximum atomic E-state index is 12.5. The largest absolute Gasteiger partial charge is 0.317 e. The van der Waals surface area contributed by atoms with Crippen molar-refractivity contribution >= 4 is 16.9 Å². The standard InChI is InChI=1S/C13H16N6O/c1-17-10(8-5-3-4-6-8)16-9-11(17)18(2)13-14-7-15-19(13)12(9)20/h7-8H,3-6H2,1-2H3. The first-order valence-electron chi connectivity index (χ1n) is 6.93. The molecule has 1 aliphatic rings. The zero-order chi connectivity index (χ0) is 13.9. The van der Waals surface area contributed by atoms with Crippen molar-refractivity contribution in [2.75, 3.05) is 0 Å². The van der Waals surface area contributed by atoms with Crippen molar-refractivity contribution in [2.45, 2.75) is 31.6 Å². The maximum absolute atomic E-state index is 12.5. The van der Waals surface area contributed by atoms with Gasteiger partial charge in [-0.2, -0.15) is 14.6 Å². The lowest BCUT2D eigenvalue weighted by Crippen LogP contribution is -2.19. The van der Waals surface area contributed by atoms with Gasteiger partial charge in [-0.15, -0.1) is 0 Å². The van der Waals surface area contributed by atoms with Gasteiger partial charge in [0.15, 0.2) is 5.52 Å². The molecule has 0 atom stereocenters. The van der Waals surface area contributed by atoms with Gasteiger partial charge in [0.1, 0.15) is 17.8 Å². The molecule has 0 aliphatic heterocycles. The lowest BCUT2D eigenvalue weighted by atomic mass is 10.1. The van der Waals surface area contributed by atoms with E-state index < -0.39 is 0 Å². The molecule has 0 spiro atoms. The number of aryl methyl sites for hydroxylation is 2. The molecule has 4 rings (SSSR count). The van der Waals surface area contributed by atoms with Gasteiger partial charge in [0.2, 0.25) is 5.78 Å². The van der Waals surface area contributed by atoms with Gasteiger partial charge in [-0.1, -0.05) is 12.8 Å². The highest BCUT2D eigenvalue weighted by molar-refractivity contribution is 5.73. The van der Waals surface area contributed by atoms with Crippen LogP contribution in [-0.2, 0) is 14.1 Å². The van der Waals surface area contributed by atoms with E-state index in [1.54, 1.807) is 0 Å². The summed E-state index contributed by atoms with van der Waals surface area (Å²) in [5.74, 6) is 2.02. The van der Waals surface area contributed by atoms with E-state index in [-0.39, 0.29) is 5.56 Å². The van der Waals surface area contributed by atoms with Crippen LogP contribution in [0.2, 0.25) is 0 Å². The molecule has 7 nitrogen and oxygen atoms in total. The number of hydrogen-bond donors (Lipinski definition) is 0. The normalized spacial score (nSPS) is 16.7. The highest BCUT2D eigenvalue weighted by atomic mass is 16.1. The molecule has 20 heavy (non-hydrogen) atoms. The van der Waals surface area contributed by atoms with E-state index in [1.165, 1.54) is 23.7 Å². The van der Waals surface area contributed by atoms with E-state index >= 15 is 0 Å². The Labute approximate surface area is 114 Å². The van der Waals surface area contributed by atoms with Crippen molar-refractivity contribution in [3.63, 3.8) is 0 Å². The molecule has 7 heteroatoms. The van der Waals surface area contributed by atoms with Crippen LogP contribution in [0.15, 0.2) is 11.1 Å². The molecular formula is C13H16N6O. The summed E-state index contributed by atoms with van der Waals surface area (Å²) < 4.78 is 5.24. The Hall–Kier alpha value is -2.18. The molecule has 0 N–H and O–H groups in total. The minimum atomic E-state index is -0.189. The average molecular weight is 272 g/mol. The fraction of sp³-hybridized carbons (Fsp3) is 0.538. The first-order chi connectivity index (χ1) is 9.68. The van der Waals surface area contributed by atoms with Gasteiger partial charge in [0.05, 0.1) is 0 Å². The molecule has 0 amide bonds. The third-order valence-corrected chi connectivity index (χ3v) is 4.36. The quantitative estimate of drug-likeness (QED) is 0.662. The van der Waals surface area contributed by atoms with Crippen molar-refractivity contribution in [2.24, 2.45) is 14.1 Å². The summed E-state index contributed by atoms with van der Waals surface area (Å²) >= 11 is 0. The predicted octanol–water partition coefficient (Wildman–Crippen LogP) is 0.972. The zero-order valence-electron chi connectivity index (χ0n) is 11.6. The van der Waals surface area contributed by atoms with Gasteiger partial charge in [-0.25, -0.2) is 4.98 Å². The fourth-order valence-corrected chi connectivity index (χ4v) is 3.39. The van der Waals surface area contributed by atoms with Crippen molar-refractivity contribution in [3.05, 3.63) is 22.5 Å². The summed E-state index contributed by atoms with van der Waals surface area (Å²) in [6.45, 7) is 0. The third-order valence-electron chi connectivity index (χ3n) is 4.36. The van der Waals surface area contributed by atoms with Crippen molar-refractivity contribution < 1.29 is 0 Å². The molecule has 104 valence electrons. The molecular weight excluding hydrogens is 256 g/mol. The van der Waals surface area contributed by atoms with Gasteiger partial charge in [0, 0.05) is 20.0 Å². The zero-order valence-corrected chi connectivity index (χ0v) is 11.6. The summed E-state index contributed by atoms with van der Waals surface area (Å²) in [5.41, 5.74) is 1.11. The molecule has 0 aromatic carbocycles. The van der Waals surface area contributed by atoms with Gasteiger partial charge in [-0.3, -0.25) is 9.36 Å². The predicted molar refractivity (Wildman–Crippen MR) is 73.7 cm³/mol. The Kier molecular flexibility index (Phi) is 2.27. The third kappa shape index (κ3) is 1.35. The number of aromatic nitrogens is 6. The van der Waals surface area contributed by atoms with Gasteiger partial charge in [-0.05, 0) is 12.8 Å². The first kappa shape index (κ1) is 11.6. The molecule has 0 radical (unpaired) electrons. The Morgan fingerprint density at radius 2 is 1.95 bits per heavy atom. The SMILES string of the molecule is Cn1c(C2CCCC2)nc2c(=O)n3ncnc3n(C)c21. The van der Waals surface area contributed by atoms with E-state index in [2.05, 4.69) is 15.1 Å². The number of rotatable bonds is 1. The monoisotopic (exact) mass is 272 g/mol. The van der Waals surface area contributed by atoms with Gasteiger partial charge < -0.3 is 4.57 Å². The molecule has 3 aromatic heterocycles. The van der Waals surface area contributed by atoms with Crippen molar-refractivity contribution in [1.29, 1.82) is 0 Å². The first-order valence-corrected chi connectivity index (χ1v) is 6.93. The second-order valence-corrected chi connectivity index (χ2v) is 5.52. The highest BCUT2D eigenvalue weighted by Gasteiger charge is 2.25. The Morgan fingerprint density at radius 3 is 2.70 bits per heavy atom. The van der Waals surface area contributed by atoms with E-state index in [1.807, 2.05) is 23.2 Å². The van der Waals surface area contributed by atoms with Crippen LogP contribution in [0.5, 0.6) is 0 Å². The number of imidazole rings is 1. The molecule has 1 saturated carbocycles. The van der Waals surface area contributed by atoms with Crippen molar-refractivity contribution in [3.8, 4) is 0 Å². The van der Waals surface area contributed by atoms with Crippen LogP contribution in [-0.4, -0.2) is 28.7 Å². The minimum absolute atomic E-state index is 0.189. The van der Waals surface area contributed by atoms with Crippen LogP contribution < -0.4 is 5.56 Å². The van der Waals surface area contributed by atoms with Crippen LogP contribution in [0.3, 0.4) is 0 Å². The summed E-state index contributed by atoms with van der Waals surface area (Å²) in [4.78, 5) is 21.2. The molecule has 3 heterocycles. The van der Waals surface area contributed by atoms with Gasteiger partial charge >= 0.3 is 5.56 Å². The van der Waals surface area contributed by atoms with Crippen LogP contribution in [0.25, 0.3) is 16.9 Å². The molecule has 1 fully saturated rings. The number of fused-ring (bicyclic) bond motifs is 2. The highest BCUT2D eigenvalue weighted by Crippen LogP contribution is 2.34. The Balaban J connectivity index is 2.11. The summed E-state index contributed by atoms with van der Waals surface area (Å²) in [5, 5.41) is 3.99. The van der Waals surface area contributed by atoms with E-state index in [9.17, 15) is 4.79 Å². The second kappa shape index (κ2) is 3.91. The van der Waals surface area contributed by atoms with E-state index in [0.29, 0.717) is 17.2 Å². The fourth-order valence-electron chi connectivity index (χ4n) is 3.39. The summed E-state index contributed by atoms with van der Waals surface area (Å²) in [6.07, 6.45) is 6.20. The van der Waals surface area contributed by atoms with Crippen LogP contribution in [0, 0.1) is 0 Å². The topological polar surface area (TPSA) is 70.0 Å². The maximum Gasteiger partial charge on any atom is 0.303 e. The van der Waals surface area contributed by atoms with Gasteiger partial charge in [0.25, 0.3) is 0 Å². The lowest BCUT2D eigenvalue weighted by molar-refractivity contribution is 0.634. The van der Waals surface area contributed by atoms with Crippen LogP contribution in [0.1, 0.15) is 37.4 Å². The molecule has 0 bridgehead atoms. The second-order valence-electron chi connectivity index (χ2n) is 5.52. The molecule has 1 aliphatic carbocycles. The van der Waals surface area contributed by atoms with E-state index in [4.69, 9.17) is 0 Å². The van der Waals surface area contributed by atoms with E-state index in [0.717, 1.165) is 24.3 Å². The van der Waals surface area contributed by atoms with Crippen molar-refractivity contribution in [1.82, 2.24) is 28.7 Å². The lowest BCUT2D eigenvalue weighted by Gasteiger charge is -2.10. The smallest absolute Gasteiger partial charge is 0.303 e. The summed E-state index contributed by atoms with van der Waals surface area (Å²) in [6, 6.07) is 0. The molecule has 3 aromatic rings. The minimum Gasteiger partial charge on any atom is -0.317 e. The number of hydrogen-bond acceptors (Lipinski definition) is 4. The molecule has 0 unspecified atom stereocenters. The Morgan fingerprint density at radius 1 is 1.20 bits per heavy atom.